The van der Waals surface area contributed by atoms with E-state index in [2.05, 4.69) is 41.0 Å². The molecule has 1 unspecified atom stereocenters. The molecule has 1 fully saturated rings. The molecule has 2 rings (SSSR count). The fourth-order valence-corrected chi connectivity index (χ4v) is 2.66. The first-order valence-electron chi connectivity index (χ1n) is 7.20. The number of aryl methyl sites for hydroxylation is 1. The number of hydrogen-bond donors (Lipinski definition) is 0. The zero-order valence-electron chi connectivity index (χ0n) is 12.6. The Morgan fingerprint density at radius 2 is 1.90 bits per heavy atom. The van der Waals surface area contributed by atoms with Crippen molar-refractivity contribution in [2.45, 2.75) is 26.4 Å². The Hall–Kier alpha value is -1.39. The fraction of sp³-hybridized carbons (Fsp3) is 0.562. The molecule has 110 valence electrons. The number of methoxy groups -OCH3 is 1. The third-order valence-corrected chi connectivity index (χ3v) is 4.15. The predicted molar refractivity (Wildman–Crippen MR) is 79.5 cm³/mol. The summed E-state index contributed by atoms with van der Waals surface area (Å²) in [6, 6.07) is 8.39. The van der Waals surface area contributed by atoms with E-state index in [1.165, 1.54) is 18.2 Å². The maximum Gasteiger partial charge on any atom is 0.322 e. The van der Waals surface area contributed by atoms with Gasteiger partial charge >= 0.3 is 5.97 Å². The normalized spacial score (nSPS) is 18.8. The van der Waals surface area contributed by atoms with E-state index in [1.807, 2.05) is 6.92 Å². The van der Waals surface area contributed by atoms with E-state index in [0.717, 1.165) is 32.7 Å². The molecule has 0 aromatic heterocycles. The van der Waals surface area contributed by atoms with Crippen LogP contribution in [0.4, 0.5) is 0 Å². The highest BCUT2D eigenvalue weighted by atomic mass is 16.5. The number of carbonyl (C=O) groups excluding carboxylic acids is 1. The molecule has 20 heavy (non-hydrogen) atoms. The highest BCUT2D eigenvalue weighted by Crippen LogP contribution is 2.13. The van der Waals surface area contributed by atoms with Crippen LogP contribution in [-0.2, 0) is 16.1 Å². The number of piperazine rings is 1. The van der Waals surface area contributed by atoms with Crippen LogP contribution in [0.1, 0.15) is 18.1 Å². The van der Waals surface area contributed by atoms with Crippen LogP contribution in [0.5, 0.6) is 0 Å². The lowest BCUT2D eigenvalue weighted by Gasteiger charge is -2.37. The number of carbonyl (C=O) groups is 1. The van der Waals surface area contributed by atoms with Gasteiger partial charge in [0, 0.05) is 32.7 Å². The van der Waals surface area contributed by atoms with Crippen molar-refractivity contribution < 1.29 is 9.53 Å². The van der Waals surface area contributed by atoms with Gasteiger partial charge in [0.25, 0.3) is 0 Å². The number of ether oxygens (including phenoxy) is 1. The lowest BCUT2D eigenvalue weighted by molar-refractivity contribution is -0.147. The molecule has 0 spiro atoms. The van der Waals surface area contributed by atoms with E-state index < -0.39 is 0 Å². The van der Waals surface area contributed by atoms with Crippen molar-refractivity contribution >= 4 is 5.97 Å². The van der Waals surface area contributed by atoms with Gasteiger partial charge in [0.2, 0.25) is 0 Å². The molecule has 0 bridgehead atoms. The predicted octanol–water partition coefficient (Wildman–Crippen LogP) is 1.67. The van der Waals surface area contributed by atoms with Gasteiger partial charge in [0.1, 0.15) is 6.04 Å². The van der Waals surface area contributed by atoms with E-state index in [-0.39, 0.29) is 12.0 Å². The maximum absolute atomic E-state index is 11.6. The van der Waals surface area contributed by atoms with Crippen LogP contribution in [0.15, 0.2) is 24.3 Å². The van der Waals surface area contributed by atoms with Crippen molar-refractivity contribution in [3.63, 3.8) is 0 Å². The van der Waals surface area contributed by atoms with Crippen LogP contribution < -0.4 is 0 Å². The van der Waals surface area contributed by atoms with Gasteiger partial charge in [-0.2, -0.15) is 0 Å². The summed E-state index contributed by atoms with van der Waals surface area (Å²) in [6.45, 7) is 8.90. The number of nitrogens with zero attached hydrogens (tertiary/aromatic N) is 2. The highest BCUT2D eigenvalue weighted by Gasteiger charge is 2.25. The van der Waals surface area contributed by atoms with Gasteiger partial charge in [-0.25, -0.2) is 0 Å². The first kappa shape index (κ1) is 15.0. The molecule has 4 heteroatoms. The standard InChI is InChI=1S/C16H24N2O2/c1-13-6-4-5-7-15(13)12-17-8-10-18(11-9-17)14(2)16(19)20-3/h4-7,14H,8-12H2,1-3H3. The molecule has 0 radical (unpaired) electrons. The average Bonchev–Trinajstić information content (AvgIpc) is 2.49. The van der Waals surface area contributed by atoms with E-state index in [4.69, 9.17) is 4.74 Å². The largest absolute Gasteiger partial charge is 0.468 e. The van der Waals surface area contributed by atoms with Gasteiger partial charge in [-0.1, -0.05) is 24.3 Å². The summed E-state index contributed by atoms with van der Waals surface area (Å²) in [7, 11) is 1.45. The molecular weight excluding hydrogens is 252 g/mol. The number of rotatable bonds is 4. The molecule has 1 aromatic rings. The zero-order chi connectivity index (χ0) is 14.5. The van der Waals surface area contributed by atoms with Crippen molar-refractivity contribution in [3.8, 4) is 0 Å². The van der Waals surface area contributed by atoms with Crippen LogP contribution in [0.25, 0.3) is 0 Å². The van der Waals surface area contributed by atoms with Crippen molar-refractivity contribution in [2.75, 3.05) is 33.3 Å². The number of hydrogen-bond acceptors (Lipinski definition) is 4. The van der Waals surface area contributed by atoms with E-state index in [1.54, 1.807) is 0 Å². The minimum absolute atomic E-state index is 0.138. The highest BCUT2D eigenvalue weighted by molar-refractivity contribution is 5.75. The Kier molecular flexibility index (Phi) is 5.15. The SMILES string of the molecule is COC(=O)C(C)N1CCN(Cc2ccccc2C)CC1. The monoisotopic (exact) mass is 276 g/mol. The molecule has 1 heterocycles. The molecule has 1 saturated heterocycles. The Morgan fingerprint density at radius 3 is 2.50 bits per heavy atom. The molecule has 0 aliphatic carbocycles. The Morgan fingerprint density at radius 1 is 1.25 bits per heavy atom. The van der Waals surface area contributed by atoms with Crippen LogP contribution >= 0.6 is 0 Å². The summed E-state index contributed by atoms with van der Waals surface area (Å²) in [6.07, 6.45) is 0. The smallest absolute Gasteiger partial charge is 0.322 e. The van der Waals surface area contributed by atoms with E-state index in [9.17, 15) is 4.79 Å². The first-order valence-corrected chi connectivity index (χ1v) is 7.20. The Balaban J connectivity index is 1.86. The molecule has 1 atom stereocenters. The van der Waals surface area contributed by atoms with Gasteiger partial charge < -0.3 is 4.74 Å². The lowest BCUT2D eigenvalue weighted by Crippen LogP contribution is -2.51. The Labute approximate surface area is 121 Å². The van der Waals surface area contributed by atoms with Crippen LogP contribution in [0.3, 0.4) is 0 Å². The van der Waals surface area contributed by atoms with Crippen molar-refractivity contribution in [1.29, 1.82) is 0 Å². The quantitative estimate of drug-likeness (QED) is 0.783. The zero-order valence-corrected chi connectivity index (χ0v) is 12.6. The second-order valence-electron chi connectivity index (χ2n) is 5.44. The first-order chi connectivity index (χ1) is 9.61. The molecule has 1 aliphatic rings. The minimum Gasteiger partial charge on any atom is -0.468 e. The molecule has 0 saturated carbocycles. The minimum atomic E-state index is -0.141. The van der Waals surface area contributed by atoms with E-state index in [0.29, 0.717) is 0 Å². The maximum atomic E-state index is 11.6. The molecule has 1 aliphatic heterocycles. The van der Waals surface area contributed by atoms with Gasteiger partial charge in [-0.3, -0.25) is 14.6 Å². The summed E-state index contributed by atoms with van der Waals surface area (Å²) < 4.78 is 4.81. The van der Waals surface area contributed by atoms with E-state index >= 15 is 0 Å². The summed E-state index contributed by atoms with van der Waals surface area (Å²) in [5, 5.41) is 0. The van der Waals surface area contributed by atoms with Crippen molar-refractivity contribution in [1.82, 2.24) is 9.80 Å². The van der Waals surface area contributed by atoms with Crippen molar-refractivity contribution in [3.05, 3.63) is 35.4 Å². The van der Waals surface area contributed by atoms with Crippen molar-refractivity contribution in [2.24, 2.45) is 0 Å². The van der Waals surface area contributed by atoms with Gasteiger partial charge in [0.05, 0.1) is 7.11 Å². The fourth-order valence-electron chi connectivity index (χ4n) is 2.66. The molecule has 1 aromatic carbocycles. The topological polar surface area (TPSA) is 32.8 Å². The molecule has 0 amide bonds. The molecule has 0 N–H and O–H groups in total. The van der Waals surface area contributed by atoms with Crippen LogP contribution in [0, 0.1) is 6.92 Å². The van der Waals surface area contributed by atoms with Gasteiger partial charge in [-0.05, 0) is 25.0 Å². The lowest BCUT2D eigenvalue weighted by atomic mass is 10.1. The second-order valence-corrected chi connectivity index (χ2v) is 5.44. The number of esters is 1. The van der Waals surface area contributed by atoms with Crippen LogP contribution in [0.2, 0.25) is 0 Å². The third-order valence-electron chi connectivity index (χ3n) is 4.15. The third kappa shape index (κ3) is 3.58. The average molecular weight is 276 g/mol. The summed E-state index contributed by atoms with van der Waals surface area (Å²) >= 11 is 0. The summed E-state index contributed by atoms with van der Waals surface area (Å²) in [5.41, 5.74) is 2.74. The molecule has 4 nitrogen and oxygen atoms in total. The van der Waals surface area contributed by atoms with Gasteiger partial charge in [0.15, 0.2) is 0 Å². The summed E-state index contributed by atoms with van der Waals surface area (Å²) in [4.78, 5) is 16.2. The van der Waals surface area contributed by atoms with Gasteiger partial charge in [-0.15, -0.1) is 0 Å². The van der Waals surface area contributed by atoms with Crippen LogP contribution in [-0.4, -0.2) is 55.1 Å². The summed E-state index contributed by atoms with van der Waals surface area (Å²) in [5.74, 6) is -0.141. The number of benzene rings is 1. The second kappa shape index (κ2) is 6.86. The Bertz CT molecular complexity index is 454. The molecular formula is C16H24N2O2.